The highest BCUT2D eigenvalue weighted by atomic mass is 16.4. The molecule has 2 aromatic rings. The first-order valence-corrected chi connectivity index (χ1v) is 6.70. The highest BCUT2D eigenvalue weighted by molar-refractivity contribution is 5.92. The summed E-state index contributed by atoms with van der Waals surface area (Å²) in [5.41, 5.74) is 0.929. The van der Waals surface area contributed by atoms with E-state index < -0.39 is 5.97 Å². The minimum Gasteiger partial charge on any atom is -0.478 e. The van der Waals surface area contributed by atoms with Gasteiger partial charge in [-0.05, 0) is 44.1 Å². The number of carboxylic acid groups (broad SMARTS) is 1. The Morgan fingerprint density at radius 2 is 2.00 bits per heavy atom. The Balaban J connectivity index is 1.82. The maximum Gasteiger partial charge on any atom is 0.335 e. The number of fused-ring (bicyclic) bond motifs is 1. The summed E-state index contributed by atoms with van der Waals surface area (Å²) in [6, 6.07) is 7.03. The van der Waals surface area contributed by atoms with Crippen LogP contribution in [0.4, 0.5) is 0 Å². The number of benzene rings is 1. The lowest BCUT2D eigenvalue weighted by molar-refractivity contribution is 0.0697. The van der Waals surface area contributed by atoms with Gasteiger partial charge in [-0.2, -0.15) is 0 Å². The molecule has 0 unspecified atom stereocenters. The molecule has 1 aromatic carbocycles. The van der Waals surface area contributed by atoms with Crippen LogP contribution in [0.3, 0.4) is 0 Å². The fourth-order valence-electron chi connectivity index (χ4n) is 2.63. The SMILES string of the molecule is O=C(O)c1ccc2cc(CN3CCCCC3)oc2c1. The number of carboxylic acids is 1. The standard InChI is InChI=1S/C15H17NO3/c17-15(18)12-5-4-11-8-13(19-14(11)9-12)10-16-6-2-1-3-7-16/h4-5,8-9H,1-3,6-7,10H2,(H,17,18). The van der Waals surface area contributed by atoms with Gasteiger partial charge in [-0.3, -0.25) is 4.90 Å². The second-order valence-electron chi connectivity index (χ2n) is 5.11. The molecule has 2 heterocycles. The first-order valence-electron chi connectivity index (χ1n) is 6.70. The third-order valence-electron chi connectivity index (χ3n) is 3.65. The van der Waals surface area contributed by atoms with Gasteiger partial charge in [0, 0.05) is 5.39 Å². The highest BCUT2D eigenvalue weighted by Crippen LogP contribution is 2.23. The van der Waals surface area contributed by atoms with Crippen molar-refractivity contribution in [1.29, 1.82) is 0 Å². The predicted molar refractivity (Wildman–Crippen MR) is 72.3 cm³/mol. The molecule has 0 atom stereocenters. The topological polar surface area (TPSA) is 53.7 Å². The molecule has 1 aliphatic rings. The summed E-state index contributed by atoms with van der Waals surface area (Å²) in [5, 5.41) is 9.93. The predicted octanol–water partition coefficient (Wildman–Crippen LogP) is 3.12. The summed E-state index contributed by atoms with van der Waals surface area (Å²) < 4.78 is 5.76. The van der Waals surface area contributed by atoms with E-state index in [0.29, 0.717) is 5.58 Å². The van der Waals surface area contributed by atoms with Crippen molar-refractivity contribution in [3.8, 4) is 0 Å². The van der Waals surface area contributed by atoms with Crippen molar-refractivity contribution in [3.63, 3.8) is 0 Å². The summed E-state index contributed by atoms with van der Waals surface area (Å²) in [6.45, 7) is 3.06. The molecular weight excluding hydrogens is 242 g/mol. The van der Waals surface area contributed by atoms with Crippen LogP contribution in [0.1, 0.15) is 35.4 Å². The Morgan fingerprint density at radius 3 is 2.74 bits per heavy atom. The molecule has 1 saturated heterocycles. The number of carbonyl (C=O) groups is 1. The molecule has 0 amide bonds. The Kier molecular flexibility index (Phi) is 3.25. The number of hydrogen-bond acceptors (Lipinski definition) is 3. The second-order valence-corrected chi connectivity index (χ2v) is 5.11. The monoisotopic (exact) mass is 259 g/mol. The van der Waals surface area contributed by atoms with E-state index in [1.807, 2.05) is 12.1 Å². The minimum atomic E-state index is -0.920. The van der Waals surface area contributed by atoms with Crippen molar-refractivity contribution in [3.05, 3.63) is 35.6 Å². The van der Waals surface area contributed by atoms with Crippen molar-refractivity contribution < 1.29 is 14.3 Å². The molecule has 0 bridgehead atoms. The molecular formula is C15H17NO3. The molecule has 0 spiro atoms. The van der Waals surface area contributed by atoms with Gasteiger partial charge in [0.2, 0.25) is 0 Å². The van der Waals surface area contributed by atoms with Crippen molar-refractivity contribution in [1.82, 2.24) is 4.90 Å². The number of aromatic carboxylic acids is 1. The third kappa shape index (κ3) is 2.63. The molecule has 3 rings (SSSR count). The fraction of sp³-hybridized carbons (Fsp3) is 0.400. The molecule has 0 saturated carbocycles. The lowest BCUT2D eigenvalue weighted by atomic mass is 10.1. The van der Waals surface area contributed by atoms with E-state index in [2.05, 4.69) is 4.90 Å². The molecule has 4 heteroatoms. The van der Waals surface area contributed by atoms with Crippen LogP contribution < -0.4 is 0 Å². The largest absolute Gasteiger partial charge is 0.478 e. The van der Waals surface area contributed by atoms with E-state index in [0.717, 1.165) is 30.8 Å². The number of hydrogen-bond donors (Lipinski definition) is 1. The summed E-state index contributed by atoms with van der Waals surface area (Å²) in [7, 11) is 0. The molecule has 1 fully saturated rings. The minimum absolute atomic E-state index is 0.270. The van der Waals surface area contributed by atoms with Gasteiger partial charge in [-0.15, -0.1) is 0 Å². The number of nitrogens with zero attached hydrogens (tertiary/aromatic N) is 1. The Bertz CT molecular complexity index is 596. The van der Waals surface area contributed by atoms with Crippen molar-refractivity contribution in [2.75, 3.05) is 13.1 Å². The molecule has 1 N–H and O–H groups in total. The summed E-state index contributed by atoms with van der Waals surface area (Å²) in [6.07, 6.45) is 3.82. The molecule has 1 aromatic heterocycles. The Labute approximate surface area is 111 Å². The van der Waals surface area contributed by atoms with Gasteiger partial charge >= 0.3 is 5.97 Å². The van der Waals surface area contributed by atoms with Gasteiger partial charge in [0.25, 0.3) is 0 Å². The van der Waals surface area contributed by atoms with Crippen LogP contribution in [0.2, 0.25) is 0 Å². The fourth-order valence-corrected chi connectivity index (χ4v) is 2.63. The van der Waals surface area contributed by atoms with E-state index in [4.69, 9.17) is 9.52 Å². The molecule has 0 radical (unpaired) electrons. The van der Waals surface area contributed by atoms with Crippen LogP contribution >= 0.6 is 0 Å². The van der Waals surface area contributed by atoms with Crippen LogP contribution in [-0.2, 0) is 6.54 Å². The van der Waals surface area contributed by atoms with Gasteiger partial charge in [0.15, 0.2) is 0 Å². The van der Waals surface area contributed by atoms with Crippen LogP contribution in [-0.4, -0.2) is 29.1 Å². The maximum atomic E-state index is 10.9. The molecule has 0 aliphatic carbocycles. The van der Waals surface area contributed by atoms with Crippen LogP contribution in [0, 0.1) is 0 Å². The highest BCUT2D eigenvalue weighted by Gasteiger charge is 2.13. The summed E-state index contributed by atoms with van der Waals surface area (Å²) >= 11 is 0. The zero-order valence-electron chi connectivity index (χ0n) is 10.8. The Morgan fingerprint density at radius 1 is 1.21 bits per heavy atom. The normalized spacial score (nSPS) is 16.8. The van der Waals surface area contributed by atoms with Crippen molar-refractivity contribution in [2.24, 2.45) is 0 Å². The van der Waals surface area contributed by atoms with Crippen LogP contribution in [0.5, 0.6) is 0 Å². The van der Waals surface area contributed by atoms with Crippen molar-refractivity contribution in [2.45, 2.75) is 25.8 Å². The average Bonchev–Trinajstić information content (AvgIpc) is 2.80. The Hall–Kier alpha value is -1.81. The van der Waals surface area contributed by atoms with Gasteiger partial charge in [0.1, 0.15) is 11.3 Å². The maximum absolute atomic E-state index is 10.9. The molecule has 100 valence electrons. The second kappa shape index (κ2) is 5.05. The van der Waals surface area contributed by atoms with Gasteiger partial charge in [-0.1, -0.05) is 12.5 Å². The lowest BCUT2D eigenvalue weighted by Gasteiger charge is -2.25. The summed E-state index contributed by atoms with van der Waals surface area (Å²) in [5.74, 6) is -0.00433. The first-order chi connectivity index (χ1) is 9.22. The molecule has 19 heavy (non-hydrogen) atoms. The van der Waals surface area contributed by atoms with E-state index >= 15 is 0 Å². The number of rotatable bonds is 3. The van der Waals surface area contributed by atoms with E-state index in [1.165, 1.54) is 19.3 Å². The van der Waals surface area contributed by atoms with Gasteiger partial charge < -0.3 is 9.52 Å². The van der Waals surface area contributed by atoms with Crippen LogP contribution in [0.25, 0.3) is 11.0 Å². The number of likely N-dealkylation sites (tertiary alicyclic amines) is 1. The zero-order chi connectivity index (χ0) is 13.2. The molecule has 4 nitrogen and oxygen atoms in total. The van der Waals surface area contributed by atoms with Gasteiger partial charge in [-0.25, -0.2) is 4.79 Å². The lowest BCUT2D eigenvalue weighted by Crippen LogP contribution is -2.28. The average molecular weight is 259 g/mol. The van der Waals surface area contributed by atoms with Crippen LogP contribution in [0.15, 0.2) is 28.7 Å². The quantitative estimate of drug-likeness (QED) is 0.920. The molecule has 1 aliphatic heterocycles. The van der Waals surface area contributed by atoms with Gasteiger partial charge in [0.05, 0.1) is 12.1 Å². The van der Waals surface area contributed by atoms with E-state index in [1.54, 1.807) is 12.1 Å². The third-order valence-corrected chi connectivity index (χ3v) is 3.65. The first kappa shape index (κ1) is 12.2. The zero-order valence-corrected chi connectivity index (χ0v) is 10.8. The number of piperidine rings is 1. The van der Waals surface area contributed by atoms with E-state index in [-0.39, 0.29) is 5.56 Å². The smallest absolute Gasteiger partial charge is 0.335 e. The summed E-state index contributed by atoms with van der Waals surface area (Å²) in [4.78, 5) is 13.3. The van der Waals surface area contributed by atoms with E-state index in [9.17, 15) is 4.79 Å². The number of furan rings is 1. The van der Waals surface area contributed by atoms with Crippen molar-refractivity contribution >= 4 is 16.9 Å².